The molecule has 1 fully saturated rings. The molecule has 1 amide bonds. The highest BCUT2D eigenvalue weighted by Gasteiger charge is 2.27. The second-order valence-electron chi connectivity index (χ2n) is 9.62. The van der Waals surface area contributed by atoms with E-state index >= 15 is 0 Å². The van der Waals surface area contributed by atoms with Crippen molar-refractivity contribution in [1.82, 2.24) is 15.4 Å². The first-order chi connectivity index (χ1) is 19.0. The van der Waals surface area contributed by atoms with Gasteiger partial charge in [0.1, 0.15) is 11.5 Å². The molecule has 4 aromatic rings. The Morgan fingerprint density at radius 1 is 0.897 bits per heavy atom. The highest BCUT2D eigenvalue weighted by Crippen LogP contribution is 2.44. The van der Waals surface area contributed by atoms with E-state index in [9.17, 15) is 15.0 Å². The number of hydrogen-bond acceptors (Lipinski definition) is 7. The molecule has 8 heteroatoms. The van der Waals surface area contributed by atoms with Gasteiger partial charge in [-0.25, -0.2) is 0 Å². The number of rotatable bonds is 8. The number of benzene rings is 3. The van der Waals surface area contributed by atoms with Gasteiger partial charge in [0.15, 0.2) is 11.5 Å². The lowest BCUT2D eigenvalue weighted by atomic mass is 9.94. The molecule has 0 bridgehead atoms. The number of carbonyl (C=O) groups is 1. The van der Waals surface area contributed by atoms with Crippen molar-refractivity contribution in [3.05, 3.63) is 77.5 Å². The molecule has 5 rings (SSSR count). The standard InChI is InChI=1S/C31H33N3O5/c1-3-20-5-9-22(10-6-20)24-17-25(27(36)18-26(24)35)30-28(29(33-39-30)31(37)32-4-2)23-11-7-21(8-12-23)19-34-13-15-38-16-14-34/h5-12,17-18,35-36H,3-4,13-16,19H2,1-2H3,(H,32,37). The summed E-state index contributed by atoms with van der Waals surface area (Å²) >= 11 is 0. The number of nitrogens with one attached hydrogen (secondary N) is 1. The van der Waals surface area contributed by atoms with Crippen molar-refractivity contribution in [3.63, 3.8) is 0 Å². The predicted octanol–water partition coefficient (Wildman–Crippen LogP) is 5.23. The molecule has 0 spiro atoms. The van der Waals surface area contributed by atoms with Crippen LogP contribution in [0, 0.1) is 0 Å². The third-order valence-corrected chi connectivity index (χ3v) is 7.03. The lowest BCUT2D eigenvalue weighted by molar-refractivity contribution is 0.0342. The van der Waals surface area contributed by atoms with Crippen LogP contribution in [0.2, 0.25) is 0 Å². The van der Waals surface area contributed by atoms with Crippen molar-refractivity contribution in [2.75, 3.05) is 32.8 Å². The summed E-state index contributed by atoms with van der Waals surface area (Å²) in [4.78, 5) is 15.3. The lowest BCUT2D eigenvalue weighted by Crippen LogP contribution is -2.35. The molecule has 0 unspecified atom stereocenters. The van der Waals surface area contributed by atoms with E-state index in [0.717, 1.165) is 56.0 Å². The maximum absolute atomic E-state index is 12.9. The van der Waals surface area contributed by atoms with Crippen LogP contribution in [0.25, 0.3) is 33.6 Å². The Kier molecular flexibility index (Phi) is 7.95. The minimum atomic E-state index is -0.367. The molecule has 1 aliphatic rings. The number of phenolic OH excluding ortho intramolecular Hbond substituents is 2. The molecule has 3 aromatic carbocycles. The van der Waals surface area contributed by atoms with Gasteiger partial charge in [-0.2, -0.15) is 0 Å². The molecule has 0 atom stereocenters. The van der Waals surface area contributed by atoms with Gasteiger partial charge in [-0.1, -0.05) is 60.6 Å². The summed E-state index contributed by atoms with van der Waals surface area (Å²) in [6, 6.07) is 18.8. The number of aryl methyl sites for hydroxylation is 1. The first-order valence-corrected chi connectivity index (χ1v) is 13.3. The van der Waals surface area contributed by atoms with Crippen LogP contribution in [-0.4, -0.2) is 59.0 Å². The molecule has 1 aromatic heterocycles. The molecule has 3 N–H and O–H groups in total. The Balaban J connectivity index is 1.57. The summed E-state index contributed by atoms with van der Waals surface area (Å²) in [5.41, 5.74) is 5.33. The number of nitrogens with zero attached hydrogens (tertiary/aromatic N) is 2. The van der Waals surface area contributed by atoms with Gasteiger partial charge in [-0.3, -0.25) is 9.69 Å². The van der Waals surface area contributed by atoms with Gasteiger partial charge in [0.25, 0.3) is 5.91 Å². The van der Waals surface area contributed by atoms with Crippen molar-refractivity contribution in [2.24, 2.45) is 0 Å². The molecular formula is C31H33N3O5. The van der Waals surface area contributed by atoms with Crippen LogP contribution in [0.4, 0.5) is 0 Å². The zero-order valence-corrected chi connectivity index (χ0v) is 22.2. The fourth-order valence-electron chi connectivity index (χ4n) is 4.85. The van der Waals surface area contributed by atoms with Crippen LogP contribution in [0.3, 0.4) is 0 Å². The smallest absolute Gasteiger partial charge is 0.274 e. The Hall–Kier alpha value is -4.14. The third-order valence-electron chi connectivity index (χ3n) is 7.03. The molecule has 8 nitrogen and oxygen atoms in total. The number of morpholine rings is 1. The van der Waals surface area contributed by atoms with E-state index in [1.165, 1.54) is 11.6 Å². The van der Waals surface area contributed by atoms with E-state index in [0.29, 0.717) is 23.2 Å². The van der Waals surface area contributed by atoms with Crippen molar-refractivity contribution < 1.29 is 24.3 Å². The number of ether oxygens (including phenoxy) is 1. The van der Waals surface area contributed by atoms with Crippen LogP contribution < -0.4 is 5.32 Å². The van der Waals surface area contributed by atoms with Gasteiger partial charge in [-0.05, 0) is 41.7 Å². The molecule has 0 radical (unpaired) electrons. The maximum Gasteiger partial charge on any atom is 0.274 e. The first kappa shape index (κ1) is 26.5. The number of carbonyl (C=O) groups excluding carboxylic acids is 1. The number of phenols is 2. The van der Waals surface area contributed by atoms with E-state index < -0.39 is 0 Å². The van der Waals surface area contributed by atoms with Crippen molar-refractivity contribution >= 4 is 5.91 Å². The summed E-state index contributed by atoms with van der Waals surface area (Å²) in [7, 11) is 0. The van der Waals surface area contributed by atoms with E-state index in [-0.39, 0.29) is 28.9 Å². The molecule has 0 saturated carbocycles. The summed E-state index contributed by atoms with van der Waals surface area (Å²) in [5, 5.41) is 28.5. The van der Waals surface area contributed by atoms with E-state index in [4.69, 9.17) is 9.26 Å². The molecule has 202 valence electrons. The minimum absolute atomic E-state index is 0.0574. The van der Waals surface area contributed by atoms with Gasteiger partial charge in [0.2, 0.25) is 0 Å². The number of amides is 1. The Bertz CT molecular complexity index is 1440. The second-order valence-corrected chi connectivity index (χ2v) is 9.62. The maximum atomic E-state index is 12.9. The topological polar surface area (TPSA) is 108 Å². The van der Waals surface area contributed by atoms with Crippen molar-refractivity contribution in [1.29, 1.82) is 0 Å². The quantitative estimate of drug-likeness (QED) is 0.288. The third kappa shape index (κ3) is 5.67. The number of hydrogen-bond donors (Lipinski definition) is 3. The van der Waals surface area contributed by atoms with Crippen molar-refractivity contribution in [2.45, 2.75) is 26.8 Å². The average Bonchev–Trinajstić information content (AvgIpc) is 3.39. The zero-order valence-electron chi connectivity index (χ0n) is 22.2. The largest absolute Gasteiger partial charge is 0.507 e. The lowest BCUT2D eigenvalue weighted by Gasteiger charge is -2.26. The summed E-state index contributed by atoms with van der Waals surface area (Å²) in [6.07, 6.45) is 0.905. The first-order valence-electron chi connectivity index (χ1n) is 13.3. The fraction of sp³-hybridized carbons (Fsp3) is 0.290. The molecule has 39 heavy (non-hydrogen) atoms. The van der Waals surface area contributed by atoms with Gasteiger partial charge in [0.05, 0.1) is 24.3 Å². The summed E-state index contributed by atoms with van der Waals surface area (Å²) in [6.45, 7) is 8.41. The van der Waals surface area contributed by atoms with Gasteiger partial charge < -0.3 is 24.8 Å². The fourth-order valence-corrected chi connectivity index (χ4v) is 4.85. The number of aromatic nitrogens is 1. The predicted molar refractivity (Wildman–Crippen MR) is 150 cm³/mol. The zero-order chi connectivity index (χ0) is 27.4. The van der Waals surface area contributed by atoms with Crippen LogP contribution in [0.15, 0.2) is 65.2 Å². The second kappa shape index (κ2) is 11.7. The monoisotopic (exact) mass is 527 g/mol. The highest BCUT2D eigenvalue weighted by atomic mass is 16.5. The summed E-state index contributed by atoms with van der Waals surface area (Å²) in [5.74, 6) is -0.349. The molecule has 2 heterocycles. The number of aromatic hydroxyl groups is 2. The Morgan fingerprint density at radius 2 is 1.54 bits per heavy atom. The van der Waals surface area contributed by atoms with Crippen LogP contribution in [0.5, 0.6) is 11.5 Å². The molecule has 1 saturated heterocycles. The highest BCUT2D eigenvalue weighted by molar-refractivity contribution is 6.03. The van der Waals surface area contributed by atoms with Crippen LogP contribution >= 0.6 is 0 Å². The Morgan fingerprint density at radius 3 is 2.21 bits per heavy atom. The molecule has 0 aliphatic carbocycles. The average molecular weight is 528 g/mol. The Labute approximate surface area is 227 Å². The van der Waals surface area contributed by atoms with Crippen LogP contribution in [-0.2, 0) is 17.7 Å². The normalized spacial score (nSPS) is 13.9. The van der Waals surface area contributed by atoms with E-state index in [1.54, 1.807) is 6.07 Å². The minimum Gasteiger partial charge on any atom is -0.507 e. The van der Waals surface area contributed by atoms with Gasteiger partial charge in [-0.15, -0.1) is 0 Å². The van der Waals surface area contributed by atoms with E-state index in [1.807, 2.05) is 55.5 Å². The van der Waals surface area contributed by atoms with Crippen LogP contribution in [0.1, 0.15) is 35.5 Å². The van der Waals surface area contributed by atoms with Gasteiger partial charge >= 0.3 is 0 Å². The van der Waals surface area contributed by atoms with Crippen molar-refractivity contribution in [3.8, 4) is 45.1 Å². The van der Waals surface area contributed by atoms with E-state index in [2.05, 4.69) is 22.3 Å². The van der Waals surface area contributed by atoms with Gasteiger partial charge in [0, 0.05) is 37.8 Å². The molecule has 1 aliphatic heterocycles. The summed E-state index contributed by atoms with van der Waals surface area (Å²) < 4.78 is 11.2. The SMILES string of the molecule is CCNC(=O)c1noc(-c2cc(-c3ccc(CC)cc3)c(O)cc2O)c1-c1ccc(CN2CCOCC2)cc1. The molecular weight excluding hydrogens is 494 g/mol.